The van der Waals surface area contributed by atoms with Crippen molar-refractivity contribution >= 4 is 23.8 Å². The highest BCUT2D eigenvalue weighted by Gasteiger charge is 2.33. The molecule has 2 amide bonds. The van der Waals surface area contributed by atoms with Crippen molar-refractivity contribution in [2.75, 3.05) is 38.1 Å². The number of hydrogen-bond acceptors (Lipinski definition) is 7. The Morgan fingerprint density at radius 3 is 2.36 bits per heavy atom. The lowest BCUT2D eigenvalue weighted by molar-refractivity contribution is -0.154. The largest absolute Gasteiger partial charge is 0.528 e. The topological polar surface area (TPSA) is 97.2 Å². The summed E-state index contributed by atoms with van der Waals surface area (Å²) in [6, 6.07) is 9.54. The number of carbonyl (C=O) groups is 3. The number of amides is 2. The Kier molecular flexibility index (Phi) is 7.63. The number of hydrogen-bond donors (Lipinski definition) is 0. The maximum Gasteiger partial charge on any atom is 0.528 e. The molecule has 1 aromatic carbocycles. The number of hydroxylamine groups is 2. The van der Waals surface area contributed by atoms with Crippen molar-refractivity contribution in [2.45, 2.75) is 58.6 Å². The second-order valence-electron chi connectivity index (χ2n) is 10.2. The number of rotatable bonds is 5. The van der Waals surface area contributed by atoms with Crippen LogP contribution in [0.3, 0.4) is 0 Å². The minimum Gasteiger partial charge on any atom is -0.427 e. The fraction of sp³-hybridized carbons (Fsp3) is 0.538. The predicted octanol–water partition coefficient (Wildman–Crippen LogP) is 3.05. The first kappa shape index (κ1) is 25.7. The molecule has 0 bridgehead atoms. The molecular formula is C26H35N5O5. The van der Waals surface area contributed by atoms with Crippen molar-refractivity contribution < 1.29 is 24.0 Å². The number of imidazole rings is 1. The van der Waals surface area contributed by atoms with E-state index in [2.05, 4.69) is 0 Å². The van der Waals surface area contributed by atoms with Gasteiger partial charge in [0.1, 0.15) is 11.4 Å². The lowest BCUT2D eigenvalue weighted by Gasteiger charge is -2.34. The molecule has 1 fully saturated rings. The van der Waals surface area contributed by atoms with E-state index in [1.165, 1.54) is 9.96 Å². The molecule has 2 aromatic rings. The summed E-state index contributed by atoms with van der Waals surface area (Å²) < 4.78 is 7.18. The molecule has 0 unspecified atom stereocenters. The zero-order valence-corrected chi connectivity index (χ0v) is 21.5. The molecule has 0 saturated carbocycles. The highest BCUT2D eigenvalue weighted by Crippen LogP contribution is 2.28. The number of likely N-dealkylation sites (N-methyl/N-ethyl adjacent to an activating group) is 1. The molecular weight excluding hydrogens is 462 g/mol. The Labute approximate surface area is 211 Å². The van der Waals surface area contributed by atoms with Gasteiger partial charge in [-0.1, -0.05) is 30.3 Å². The van der Waals surface area contributed by atoms with Crippen LogP contribution >= 0.6 is 0 Å². The average Bonchev–Trinajstić information content (AvgIpc) is 3.22. The highest BCUT2D eigenvalue weighted by atomic mass is 16.8. The van der Waals surface area contributed by atoms with Gasteiger partial charge in [-0.2, -0.15) is 0 Å². The number of fused-ring (bicyclic) bond motifs is 1. The number of piperazine rings is 1. The molecule has 0 radical (unpaired) electrons. The van der Waals surface area contributed by atoms with Crippen molar-refractivity contribution in [3.63, 3.8) is 0 Å². The Hall–Kier alpha value is -3.40. The first-order valence-corrected chi connectivity index (χ1v) is 12.5. The average molecular weight is 498 g/mol. The lowest BCUT2D eigenvalue weighted by atomic mass is 10.1. The van der Waals surface area contributed by atoms with Crippen molar-refractivity contribution in [3.8, 4) is 0 Å². The van der Waals surface area contributed by atoms with E-state index >= 15 is 0 Å². The van der Waals surface area contributed by atoms with Gasteiger partial charge < -0.3 is 19.0 Å². The predicted molar refractivity (Wildman–Crippen MR) is 134 cm³/mol. The third-order valence-corrected chi connectivity index (χ3v) is 6.27. The van der Waals surface area contributed by atoms with Gasteiger partial charge in [0.05, 0.1) is 19.5 Å². The molecule has 4 rings (SSSR count). The lowest BCUT2D eigenvalue weighted by Crippen LogP contribution is -2.50. The van der Waals surface area contributed by atoms with Crippen molar-refractivity contribution in [3.05, 3.63) is 47.4 Å². The fourth-order valence-electron chi connectivity index (χ4n) is 4.43. The maximum atomic E-state index is 13.7. The van der Waals surface area contributed by atoms with E-state index in [0.717, 1.165) is 30.7 Å². The zero-order chi connectivity index (χ0) is 25.9. The summed E-state index contributed by atoms with van der Waals surface area (Å²) in [5.74, 6) is 0.958. The first-order valence-electron chi connectivity index (χ1n) is 12.5. The van der Waals surface area contributed by atoms with Crippen molar-refractivity contribution in [2.24, 2.45) is 0 Å². The number of carbonyl (C=O) groups excluding carboxylic acids is 3. The minimum absolute atomic E-state index is 0.124. The normalized spacial score (nSPS) is 16.3. The van der Waals surface area contributed by atoms with Gasteiger partial charge in [0.15, 0.2) is 11.5 Å². The van der Waals surface area contributed by atoms with E-state index < -0.39 is 11.8 Å². The summed E-state index contributed by atoms with van der Waals surface area (Å²) in [7, 11) is 1.68. The van der Waals surface area contributed by atoms with Gasteiger partial charge in [0.25, 0.3) is 5.91 Å². The summed E-state index contributed by atoms with van der Waals surface area (Å²) in [6.45, 7) is 7.51. The quantitative estimate of drug-likeness (QED) is 0.586. The maximum absolute atomic E-state index is 13.7. The summed E-state index contributed by atoms with van der Waals surface area (Å²) in [6.07, 6.45) is 2.22. The van der Waals surface area contributed by atoms with Crippen LogP contribution in [0.25, 0.3) is 0 Å². The fourth-order valence-corrected chi connectivity index (χ4v) is 4.43. The van der Waals surface area contributed by atoms with Gasteiger partial charge in [-0.3, -0.25) is 14.5 Å². The van der Waals surface area contributed by atoms with Crippen LogP contribution in [-0.2, 0) is 33.8 Å². The van der Waals surface area contributed by atoms with Crippen LogP contribution in [0.15, 0.2) is 30.3 Å². The monoisotopic (exact) mass is 497 g/mol. The van der Waals surface area contributed by atoms with Crippen molar-refractivity contribution in [1.82, 2.24) is 19.5 Å². The number of aryl methyl sites for hydroxylation is 1. The molecule has 36 heavy (non-hydrogen) atoms. The molecule has 10 heteroatoms. The van der Waals surface area contributed by atoms with Crippen LogP contribution in [0.5, 0.6) is 0 Å². The summed E-state index contributed by atoms with van der Waals surface area (Å²) in [4.78, 5) is 52.1. The zero-order valence-electron chi connectivity index (χ0n) is 21.5. The number of benzene rings is 1. The van der Waals surface area contributed by atoms with E-state index in [1.807, 2.05) is 34.9 Å². The molecule has 10 nitrogen and oxygen atoms in total. The Morgan fingerprint density at radius 1 is 1.00 bits per heavy atom. The highest BCUT2D eigenvalue weighted by molar-refractivity contribution is 6.03. The number of ether oxygens (including phenoxy) is 1. The molecule has 2 aliphatic rings. The Bertz CT molecular complexity index is 1100. The number of aromatic nitrogens is 2. The van der Waals surface area contributed by atoms with Gasteiger partial charge in [-0.15, -0.1) is 5.06 Å². The minimum atomic E-state index is -0.757. The second kappa shape index (κ2) is 10.7. The number of anilines is 1. The standard InChI is InChI=1S/C26H35N5O5/c1-26(2,3)35-25(34)36-30-16-14-29(15-17-30)24(33)22-23(27-20-12-8-9-13-31(20)22)28(4)21(32)18-19-10-6-5-7-11-19/h5-7,10-11H,8-9,12-18H2,1-4H3. The van der Waals surface area contributed by atoms with E-state index in [0.29, 0.717) is 44.2 Å². The Balaban J connectivity index is 1.47. The molecule has 0 aliphatic carbocycles. The molecule has 2 aliphatic heterocycles. The summed E-state index contributed by atoms with van der Waals surface area (Å²) in [5, 5.41) is 1.51. The second-order valence-corrected chi connectivity index (χ2v) is 10.2. The molecule has 3 heterocycles. The van der Waals surface area contributed by atoms with Gasteiger partial charge in [-0.05, 0) is 39.2 Å². The van der Waals surface area contributed by atoms with E-state index in [4.69, 9.17) is 14.6 Å². The summed E-state index contributed by atoms with van der Waals surface area (Å²) in [5.41, 5.74) is 0.721. The van der Waals surface area contributed by atoms with Gasteiger partial charge >= 0.3 is 6.16 Å². The van der Waals surface area contributed by atoms with Crippen LogP contribution in [0.4, 0.5) is 10.6 Å². The van der Waals surface area contributed by atoms with Gasteiger partial charge in [0, 0.05) is 33.1 Å². The SMILES string of the molecule is CN(C(=O)Cc1ccccc1)c1nc2n(c1C(=O)N1CCN(OC(=O)OC(C)(C)C)CC1)CCCC2. The van der Waals surface area contributed by atoms with Crippen LogP contribution < -0.4 is 4.90 Å². The van der Waals surface area contributed by atoms with Gasteiger partial charge in [0.2, 0.25) is 5.91 Å². The van der Waals surface area contributed by atoms with E-state index in [-0.39, 0.29) is 18.2 Å². The Morgan fingerprint density at radius 2 is 1.69 bits per heavy atom. The third kappa shape index (κ3) is 6.04. The van der Waals surface area contributed by atoms with Crippen molar-refractivity contribution in [1.29, 1.82) is 0 Å². The molecule has 1 aromatic heterocycles. The molecule has 0 N–H and O–H groups in total. The van der Waals surface area contributed by atoms with Crippen LogP contribution in [0, 0.1) is 0 Å². The van der Waals surface area contributed by atoms with E-state index in [9.17, 15) is 14.4 Å². The first-order chi connectivity index (χ1) is 17.1. The third-order valence-electron chi connectivity index (χ3n) is 6.27. The van der Waals surface area contributed by atoms with Gasteiger partial charge in [-0.25, -0.2) is 9.78 Å². The van der Waals surface area contributed by atoms with Crippen LogP contribution in [0.1, 0.15) is 55.5 Å². The van der Waals surface area contributed by atoms with Crippen LogP contribution in [-0.4, -0.2) is 76.3 Å². The molecule has 0 atom stereocenters. The smallest absolute Gasteiger partial charge is 0.427 e. The van der Waals surface area contributed by atoms with Crippen LogP contribution in [0.2, 0.25) is 0 Å². The molecule has 1 saturated heterocycles. The van der Waals surface area contributed by atoms with E-state index in [1.54, 1.807) is 32.7 Å². The molecule has 194 valence electrons. The summed E-state index contributed by atoms with van der Waals surface area (Å²) >= 11 is 0. The number of nitrogens with zero attached hydrogens (tertiary/aromatic N) is 5. The molecule has 0 spiro atoms.